The zero-order valence-corrected chi connectivity index (χ0v) is 24.7. The van der Waals surface area contributed by atoms with Crippen molar-refractivity contribution in [2.45, 2.75) is 115 Å². The number of rotatable bonds is 8. The number of hydrogen-bond donors (Lipinski definition) is 3. The van der Waals surface area contributed by atoms with Crippen molar-refractivity contribution in [3.63, 3.8) is 0 Å². The summed E-state index contributed by atoms with van der Waals surface area (Å²) in [5.41, 5.74) is -0.934. The molecule has 0 saturated carbocycles. The first-order valence-electron chi connectivity index (χ1n) is 13.7. The number of aliphatic hydroxyl groups is 1. The van der Waals surface area contributed by atoms with Crippen molar-refractivity contribution < 1.29 is 48.0 Å². The van der Waals surface area contributed by atoms with Crippen LogP contribution in [0.5, 0.6) is 0 Å². The van der Waals surface area contributed by atoms with Crippen LogP contribution in [0.2, 0.25) is 0 Å². The summed E-state index contributed by atoms with van der Waals surface area (Å²) in [5, 5.41) is 16.3. The summed E-state index contributed by atoms with van der Waals surface area (Å²) in [5.74, 6) is -1.71. The number of ether oxygens (including phenoxy) is 5. The number of benzene rings is 1. The molecule has 2 aliphatic rings. The smallest absolute Gasteiger partial charge is 0.408 e. The molecule has 1 aromatic rings. The number of fused-ring (bicyclic) bond motifs is 1. The standard InChI is InChI=1S/C29H42N2O10/c1-16(32)30-22-20(38-21-15-37-26(39-24(21)23(22)34)17-11-9-8-10-12-17)14-18(33)13-19(25(35)40-28(2,3)4)31-27(36)41-29(5,6)7/h8-12,19-24,26,34H,13-15H2,1-7H3,(H,30,32)(H,31,36)/t19-,20-,21+,22+,23+,24+,26?/m0/s1. The maximum absolute atomic E-state index is 13.3. The Morgan fingerprint density at radius 3 is 2.22 bits per heavy atom. The number of ketones is 1. The van der Waals surface area contributed by atoms with Gasteiger partial charge in [0.15, 0.2) is 6.29 Å². The van der Waals surface area contributed by atoms with Gasteiger partial charge in [-0.15, -0.1) is 0 Å². The highest BCUT2D eigenvalue weighted by Crippen LogP contribution is 2.35. The number of nitrogens with one attached hydrogen (secondary N) is 2. The van der Waals surface area contributed by atoms with Gasteiger partial charge in [0.25, 0.3) is 0 Å². The van der Waals surface area contributed by atoms with Gasteiger partial charge in [0.1, 0.15) is 41.3 Å². The number of hydrogen-bond acceptors (Lipinski definition) is 10. The summed E-state index contributed by atoms with van der Waals surface area (Å²) >= 11 is 0. The fourth-order valence-electron chi connectivity index (χ4n) is 4.62. The third kappa shape index (κ3) is 9.77. The molecule has 228 valence electrons. The Morgan fingerprint density at radius 1 is 1.00 bits per heavy atom. The molecule has 2 aliphatic heterocycles. The van der Waals surface area contributed by atoms with Gasteiger partial charge in [-0.05, 0) is 41.5 Å². The molecule has 3 N–H and O–H groups in total. The number of esters is 1. The normalized spacial score (nSPS) is 27.1. The van der Waals surface area contributed by atoms with Crippen LogP contribution in [0.15, 0.2) is 30.3 Å². The summed E-state index contributed by atoms with van der Waals surface area (Å²) in [7, 11) is 0. The number of Topliss-reactive ketones (excluding diaryl/α,β-unsaturated/α-hetero) is 1. The lowest BCUT2D eigenvalue weighted by atomic mass is 9.88. The maximum atomic E-state index is 13.3. The summed E-state index contributed by atoms with van der Waals surface area (Å²) in [6, 6.07) is 6.90. The first kappa shape index (κ1) is 32.5. The monoisotopic (exact) mass is 578 g/mol. The Labute approximate surface area is 240 Å². The number of alkyl carbamates (subject to hydrolysis) is 1. The van der Waals surface area contributed by atoms with Gasteiger partial charge in [-0.1, -0.05) is 30.3 Å². The van der Waals surface area contributed by atoms with Crippen LogP contribution >= 0.6 is 0 Å². The topological polar surface area (TPSA) is 159 Å². The molecule has 0 spiro atoms. The van der Waals surface area contributed by atoms with E-state index in [-0.39, 0.29) is 13.0 Å². The minimum Gasteiger partial charge on any atom is -0.458 e. The summed E-state index contributed by atoms with van der Waals surface area (Å²) in [6.07, 6.45) is -6.03. The van der Waals surface area contributed by atoms with Gasteiger partial charge in [-0.3, -0.25) is 9.59 Å². The molecule has 2 heterocycles. The highest BCUT2D eigenvalue weighted by Gasteiger charge is 2.50. The van der Waals surface area contributed by atoms with Crippen LogP contribution < -0.4 is 10.6 Å². The molecule has 2 saturated heterocycles. The highest BCUT2D eigenvalue weighted by atomic mass is 16.7. The zero-order valence-electron chi connectivity index (χ0n) is 24.7. The van der Waals surface area contributed by atoms with E-state index in [1.807, 2.05) is 30.3 Å². The average Bonchev–Trinajstić information content (AvgIpc) is 2.84. The fraction of sp³-hybridized carbons (Fsp3) is 0.655. The summed E-state index contributed by atoms with van der Waals surface area (Å²) < 4.78 is 28.6. The Hall–Kier alpha value is -3.06. The maximum Gasteiger partial charge on any atom is 0.408 e. The lowest BCUT2D eigenvalue weighted by Gasteiger charge is -2.48. The molecule has 0 radical (unpaired) electrons. The van der Waals surface area contributed by atoms with Gasteiger partial charge in [0, 0.05) is 25.3 Å². The number of aliphatic hydroxyl groups excluding tert-OH is 1. The molecule has 1 aromatic carbocycles. The average molecular weight is 579 g/mol. The second kappa shape index (κ2) is 13.3. The van der Waals surface area contributed by atoms with E-state index in [2.05, 4.69) is 10.6 Å². The molecule has 0 aliphatic carbocycles. The molecule has 41 heavy (non-hydrogen) atoms. The number of carbonyl (C=O) groups excluding carboxylic acids is 4. The van der Waals surface area contributed by atoms with Crippen molar-refractivity contribution in [1.29, 1.82) is 0 Å². The molecule has 12 heteroatoms. The van der Waals surface area contributed by atoms with Crippen LogP contribution in [-0.2, 0) is 38.1 Å². The molecule has 2 fully saturated rings. The Morgan fingerprint density at radius 2 is 1.63 bits per heavy atom. The van der Waals surface area contributed by atoms with Gasteiger partial charge in [0.2, 0.25) is 5.91 Å². The van der Waals surface area contributed by atoms with Gasteiger partial charge in [0.05, 0.1) is 18.8 Å². The van der Waals surface area contributed by atoms with Crippen LogP contribution in [0.1, 0.15) is 73.2 Å². The fourth-order valence-corrected chi connectivity index (χ4v) is 4.62. The Bertz CT molecular complexity index is 1080. The van der Waals surface area contributed by atoms with Crippen molar-refractivity contribution in [3.8, 4) is 0 Å². The van der Waals surface area contributed by atoms with Crippen LogP contribution in [-0.4, -0.2) is 83.2 Å². The molecule has 2 amide bonds. The summed E-state index contributed by atoms with van der Waals surface area (Å²) in [4.78, 5) is 50.6. The highest BCUT2D eigenvalue weighted by molar-refractivity contribution is 5.89. The predicted octanol–water partition coefficient (Wildman–Crippen LogP) is 2.32. The zero-order chi connectivity index (χ0) is 30.5. The molecule has 12 nitrogen and oxygen atoms in total. The Balaban J connectivity index is 1.73. The first-order chi connectivity index (χ1) is 19.0. The van der Waals surface area contributed by atoms with Crippen molar-refractivity contribution in [1.82, 2.24) is 10.6 Å². The third-order valence-corrected chi connectivity index (χ3v) is 6.20. The van der Waals surface area contributed by atoms with Gasteiger partial charge in [-0.25, -0.2) is 9.59 Å². The molecule has 0 aromatic heterocycles. The molecular formula is C29H42N2O10. The molecule has 1 unspecified atom stereocenters. The molecular weight excluding hydrogens is 536 g/mol. The van der Waals surface area contributed by atoms with E-state index < -0.39 is 84.2 Å². The van der Waals surface area contributed by atoms with Gasteiger partial charge < -0.3 is 39.4 Å². The van der Waals surface area contributed by atoms with Crippen LogP contribution in [0.3, 0.4) is 0 Å². The number of carbonyl (C=O) groups is 4. The van der Waals surface area contributed by atoms with Gasteiger partial charge in [-0.2, -0.15) is 0 Å². The van der Waals surface area contributed by atoms with E-state index in [1.54, 1.807) is 41.5 Å². The largest absolute Gasteiger partial charge is 0.458 e. The van der Waals surface area contributed by atoms with Gasteiger partial charge >= 0.3 is 12.1 Å². The van der Waals surface area contributed by atoms with Crippen molar-refractivity contribution in [2.75, 3.05) is 6.61 Å². The third-order valence-electron chi connectivity index (χ3n) is 6.20. The van der Waals surface area contributed by atoms with Crippen molar-refractivity contribution in [2.24, 2.45) is 0 Å². The van der Waals surface area contributed by atoms with E-state index >= 15 is 0 Å². The van der Waals surface area contributed by atoms with E-state index in [0.717, 1.165) is 5.56 Å². The second-order valence-corrected chi connectivity index (χ2v) is 12.3. The van der Waals surface area contributed by atoms with Crippen molar-refractivity contribution >= 4 is 23.8 Å². The Kier molecular flexibility index (Phi) is 10.5. The SMILES string of the molecule is CC(=O)N[C@H]1[C@@H](O)[C@@H]2OC(c3ccccc3)OC[C@H]2O[C@H]1CC(=O)C[C@H](NC(=O)OC(C)(C)C)C(=O)OC(C)(C)C. The van der Waals surface area contributed by atoms with E-state index in [1.165, 1.54) is 6.92 Å². The predicted molar refractivity (Wildman–Crippen MR) is 146 cm³/mol. The first-order valence-corrected chi connectivity index (χ1v) is 13.7. The lowest BCUT2D eigenvalue weighted by Crippen LogP contribution is -2.66. The van der Waals surface area contributed by atoms with E-state index in [4.69, 9.17) is 23.7 Å². The summed E-state index contributed by atoms with van der Waals surface area (Å²) in [6.45, 7) is 11.4. The quantitative estimate of drug-likeness (QED) is 0.391. The molecule has 7 atom stereocenters. The van der Waals surface area contributed by atoms with Crippen molar-refractivity contribution in [3.05, 3.63) is 35.9 Å². The van der Waals surface area contributed by atoms with Crippen LogP contribution in [0.4, 0.5) is 4.79 Å². The minimum atomic E-state index is -1.33. The molecule has 3 rings (SSSR count). The molecule has 0 bridgehead atoms. The number of amides is 2. The van der Waals surface area contributed by atoms with Crippen LogP contribution in [0, 0.1) is 0 Å². The minimum absolute atomic E-state index is 0.0828. The lowest BCUT2D eigenvalue weighted by molar-refractivity contribution is -0.314. The van der Waals surface area contributed by atoms with E-state index in [9.17, 15) is 24.3 Å². The second-order valence-electron chi connectivity index (χ2n) is 12.3. The van der Waals surface area contributed by atoms with E-state index in [0.29, 0.717) is 0 Å². The van der Waals surface area contributed by atoms with Crippen LogP contribution in [0.25, 0.3) is 0 Å².